The maximum absolute atomic E-state index is 13.5. The Balaban J connectivity index is 1.60. The van der Waals surface area contributed by atoms with Gasteiger partial charge in [0, 0.05) is 43.9 Å². The summed E-state index contributed by atoms with van der Waals surface area (Å²) in [7, 11) is 0. The van der Waals surface area contributed by atoms with Crippen LogP contribution >= 0.6 is 11.3 Å². The first-order valence-corrected chi connectivity index (χ1v) is 11.8. The fourth-order valence-electron chi connectivity index (χ4n) is 3.73. The van der Waals surface area contributed by atoms with Crippen LogP contribution in [0.4, 0.5) is 10.8 Å². The number of aromatic nitrogens is 1. The highest BCUT2D eigenvalue weighted by Crippen LogP contribution is 2.32. The predicted octanol–water partition coefficient (Wildman–Crippen LogP) is 3.97. The van der Waals surface area contributed by atoms with E-state index in [1.54, 1.807) is 11.0 Å². The molecule has 0 bridgehead atoms. The third-order valence-corrected chi connectivity index (χ3v) is 6.44. The van der Waals surface area contributed by atoms with Gasteiger partial charge in [-0.2, -0.15) is 0 Å². The molecule has 0 unspecified atom stereocenters. The van der Waals surface area contributed by atoms with Crippen molar-refractivity contribution in [3.05, 3.63) is 58.1 Å². The highest BCUT2D eigenvalue weighted by atomic mass is 32.1. The van der Waals surface area contributed by atoms with Crippen molar-refractivity contribution in [3.63, 3.8) is 0 Å². The van der Waals surface area contributed by atoms with Gasteiger partial charge in [0.2, 0.25) is 0 Å². The molecule has 1 aromatic heterocycles. The number of carbonyl (C=O) groups is 1. The molecule has 1 aliphatic rings. The Morgan fingerprint density at radius 2 is 2.09 bits per heavy atom. The Kier molecular flexibility index (Phi) is 7.48. The zero-order valence-electron chi connectivity index (χ0n) is 18.4. The Bertz CT molecular complexity index is 1130. The highest BCUT2D eigenvalue weighted by molar-refractivity contribution is 7.22. The number of morpholine rings is 1. The maximum atomic E-state index is 13.5. The largest absolute Gasteiger partial charge is 0.494 e. The van der Waals surface area contributed by atoms with Crippen LogP contribution in [0.5, 0.6) is 5.75 Å². The van der Waals surface area contributed by atoms with Crippen LogP contribution in [0.1, 0.15) is 23.7 Å². The van der Waals surface area contributed by atoms with E-state index in [4.69, 9.17) is 9.47 Å². The average molecular weight is 471 g/mol. The Hall–Kier alpha value is -3.08. The van der Waals surface area contributed by atoms with Crippen LogP contribution in [0, 0.1) is 10.1 Å². The van der Waals surface area contributed by atoms with Crippen LogP contribution in [0.15, 0.2) is 42.5 Å². The lowest BCUT2D eigenvalue weighted by Gasteiger charge is -2.27. The van der Waals surface area contributed by atoms with Crippen molar-refractivity contribution in [2.75, 3.05) is 50.9 Å². The van der Waals surface area contributed by atoms with Crippen LogP contribution in [-0.2, 0) is 4.74 Å². The van der Waals surface area contributed by atoms with Gasteiger partial charge in [-0.05, 0) is 37.6 Å². The molecule has 3 aromatic rings. The number of rotatable bonds is 9. The fraction of sp³-hybridized carbons (Fsp3) is 0.391. The van der Waals surface area contributed by atoms with Crippen LogP contribution in [0.25, 0.3) is 10.2 Å². The van der Waals surface area contributed by atoms with Gasteiger partial charge in [0.25, 0.3) is 11.6 Å². The summed E-state index contributed by atoms with van der Waals surface area (Å²) in [5, 5.41) is 11.8. The van der Waals surface area contributed by atoms with Gasteiger partial charge in [-0.1, -0.05) is 17.4 Å². The minimum atomic E-state index is -0.494. The highest BCUT2D eigenvalue weighted by Gasteiger charge is 2.23. The number of hydrogen-bond acceptors (Lipinski definition) is 8. The van der Waals surface area contributed by atoms with Crippen molar-refractivity contribution >= 4 is 38.3 Å². The van der Waals surface area contributed by atoms with Gasteiger partial charge in [0.05, 0.1) is 35.0 Å². The maximum Gasteiger partial charge on any atom is 0.270 e. The number of non-ortho nitro benzene ring substituents is 1. The molecular formula is C23H26N4O5S. The number of thiazole rings is 1. The zero-order valence-corrected chi connectivity index (χ0v) is 19.3. The molecule has 2 heterocycles. The zero-order chi connectivity index (χ0) is 23.2. The number of amides is 1. The third-order valence-electron chi connectivity index (χ3n) is 5.40. The number of nitrogens with zero attached hydrogens (tertiary/aromatic N) is 4. The van der Waals surface area contributed by atoms with Gasteiger partial charge in [0.15, 0.2) is 5.13 Å². The van der Waals surface area contributed by atoms with Gasteiger partial charge in [-0.25, -0.2) is 4.98 Å². The van der Waals surface area contributed by atoms with Crippen molar-refractivity contribution in [3.8, 4) is 5.75 Å². The summed E-state index contributed by atoms with van der Waals surface area (Å²) in [6.45, 7) is 6.97. The van der Waals surface area contributed by atoms with E-state index < -0.39 is 4.92 Å². The van der Waals surface area contributed by atoms with Gasteiger partial charge in [-0.3, -0.25) is 24.7 Å². The van der Waals surface area contributed by atoms with E-state index in [1.807, 2.05) is 25.1 Å². The van der Waals surface area contributed by atoms with Crippen LogP contribution in [0.3, 0.4) is 0 Å². The molecule has 0 atom stereocenters. The second kappa shape index (κ2) is 10.7. The lowest BCUT2D eigenvalue weighted by Crippen LogP contribution is -2.39. The summed E-state index contributed by atoms with van der Waals surface area (Å²) in [4.78, 5) is 32.8. The first-order valence-electron chi connectivity index (χ1n) is 10.9. The summed E-state index contributed by atoms with van der Waals surface area (Å²) in [5.41, 5.74) is 0.938. The van der Waals surface area contributed by atoms with Crippen molar-refractivity contribution in [2.45, 2.75) is 13.3 Å². The van der Waals surface area contributed by atoms with Crippen molar-refractivity contribution in [1.29, 1.82) is 0 Å². The van der Waals surface area contributed by atoms with Crippen LogP contribution in [-0.4, -0.2) is 66.7 Å². The first kappa shape index (κ1) is 23.1. The van der Waals surface area contributed by atoms with Gasteiger partial charge < -0.3 is 9.47 Å². The first-order chi connectivity index (χ1) is 16.0. The Morgan fingerprint density at radius 1 is 1.27 bits per heavy atom. The van der Waals surface area contributed by atoms with Crippen LogP contribution < -0.4 is 9.64 Å². The molecular weight excluding hydrogens is 444 g/mol. The lowest BCUT2D eigenvalue weighted by molar-refractivity contribution is -0.384. The molecule has 0 radical (unpaired) electrons. The summed E-state index contributed by atoms with van der Waals surface area (Å²) in [6.07, 6.45) is 0.751. The second-order valence-corrected chi connectivity index (χ2v) is 8.64. The molecule has 0 aliphatic carbocycles. The number of hydrogen-bond donors (Lipinski definition) is 0. The number of nitro groups is 1. The van der Waals surface area contributed by atoms with E-state index in [0.717, 1.165) is 55.2 Å². The smallest absolute Gasteiger partial charge is 0.270 e. The van der Waals surface area contributed by atoms with E-state index in [1.165, 1.54) is 29.5 Å². The molecule has 33 heavy (non-hydrogen) atoms. The van der Waals surface area contributed by atoms with Gasteiger partial charge in [0.1, 0.15) is 5.75 Å². The molecule has 0 spiro atoms. The summed E-state index contributed by atoms with van der Waals surface area (Å²) < 4.78 is 11.9. The molecule has 1 aliphatic heterocycles. The molecule has 4 rings (SSSR count). The monoisotopic (exact) mass is 470 g/mol. The molecule has 1 fully saturated rings. The Morgan fingerprint density at radius 3 is 2.85 bits per heavy atom. The summed E-state index contributed by atoms with van der Waals surface area (Å²) >= 11 is 1.41. The number of ether oxygens (including phenoxy) is 2. The number of benzene rings is 2. The third kappa shape index (κ3) is 5.65. The number of anilines is 1. The lowest BCUT2D eigenvalue weighted by atomic mass is 10.1. The molecule has 10 heteroatoms. The average Bonchev–Trinajstić information content (AvgIpc) is 3.25. The quantitative estimate of drug-likeness (QED) is 0.345. The normalized spacial score (nSPS) is 14.3. The number of nitro benzene ring substituents is 1. The van der Waals surface area contributed by atoms with E-state index >= 15 is 0 Å². The molecule has 0 saturated carbocycles. The van der Waals surface area contributed by atoms with Crippen LogP contribution in [0.2, 0.25) is 0 Å². The predicted molar refractivity (Wildman–Crippen MR) is 127 cm³/mol. The summed E-state index contributed by atoms with van der Waals surface area (Å²) in [5.74, 6) is 0.453. The topological polar surface area (TPSA) is 98.0 Å². The van der Waals surface area contributed by atoms with E-state index in [-0.39, 0.29) is 17.2 Å². The van der Waals surface area contributed by atoms with E-state index in [0.29, 0.717) is 18.3 Å². The van der Waals surface area contributed by atoms with Crippen molar-refractivity contribution < 1.29 is 19.2 Å². The number of fused-ring (bicyclic) bond motifs is 1. The molecule has 1 saturated heterocycles. The minimum absolute atomic E-state index is 0.111. The Labute approximate surface area is 195 Å². The number of carbonyl (C=O) groups excluding carboxylic acids is 1. The molecule has 1 amide bonds. The molecule has 2 aromatic carbocycles. The summed E-state index contributed by atoms with van der Waals surface area (Å²) in [6, 6.07) is 11.5. The van der Waals surface area contributed by atoms with Gasteiger partial charge >= 0.3 is 0 Å². The van der Waals surface area contributed by atoms with E-state index in [9.17, 15) is 14.9 Å². The van der Waals surface area contributed by atoms with Crippen molar-refractivity contribution in [2.24, 2.45) is 0 Å². The fourth-order valence-corrected chi connectivity index (χ4v) is 4.75. The van der Waals surface area contributed by atoms with Gasteiger partial charge in [-0.15, -0.1) is 0 Å². The minimum Gasteiger partial charge on any atom is -0.494 e. The molecule has 0 N–H and O–H groups in total. The standard InChI is InChI=1S/C23H26N4O5S/c1-2-32-19-7-8-20-21(16-19)33-23(24-20)26(10-4-9-25-11-13-31-14-12-25)22(28)17-5-3-6-18(15-17)27(29)30/h3,5-8,15-16H,2,4,9-14H2,1H3. The SMILES string of the molecule is CCOc1ccc2nc(N(CCCN3CCOCC3)C(=O)c3cccc([N+](=O)[O-])c3)sc2c1. The molecule has 174 valence electrons. The van der Waals surface area contributed by atoms with E-state index in [2.05, 4.69) is 9.88 Å². The molecule has 9 nitrogen and oxygen atoms in total. The van der Waals surface area contributed by atoms with Crippen molar-refractivity contribution in [1.82, 2.24) is 9.88 Å². The second-order valence-electron chi connectivity index (χ2n) is 7.63.